The number of aromatic nitrogens is 4. The number of carbonyl (C=O) groups excluding carboxylic acids is 1. The molecule has 5 heterocycles. The molecule has 2 aliphatic rings. The standard InChI is InChI=1S/C36H46N4.C8H6N2OS/c1-9-21-22(10-2)30-18-32-25(13-5)26(14-6)34(39-32)20-36-28(16-8)27(15-7)35(40-36)19-33-24(12-4)23(11-3)31(38-33)17-29(21)37-30;9-8(11)6-2-1-3-7(4-6)10-5-12/h17-20,37-38H,9-16H2,1-8H3;1-4H,(H2,9,11). The van der Waals surface area contributed by atoms with E-state index in [1.165, 1.54) is 66.6 Å². The summed E-state index contributed by atoms with van der Waals surface area (Å²) in [5.74, 6) is -0.476. The number of amides is 1. The van der Waals surface area contributed by atoms with Crippen LogP contribution in [0.25, 0.3) is 44.4 Å². The second-order valence-electron chi connectivity index (χ2n) is 13.0. The highest BCUT2D eigenvalue weighted by Gasteiger charge is 2.22. The van der Waals surface area contributed by atoms with Crippen LogP contribution in [0.3, 0.4) is 0 Å². The molecule has 8 bridgehead atoms. The fourth-order valence-electron chi connectivity index (χ4n) is 7.88. The van der Waals surface area contributed by atoms with Gasteiger partial charge in [0.05, 0.1) is 33.6 Å². The summed E-state index contributed by atoms with van der Waals surface area (Å²) in [6.07, 6.45) is 7.84. The first kappa shape index (κ1) is 38.3. The fraction of sp³-hybridized carbons (Fsp3) is 0.364. The summed E-state index contributed by atoms with van der Waals surface area (Å²) in [5.41, 5.74) is 26.3. The predicted octanol–water partition coefficient (Wildman–Crippen LogP) is 11.5. The Morgan fingerprint density at radius 3 is 1.33 bits per heavy atom. The van der Waals surface area contributed by atoms with E-state index in [0.717, 1.165) is 74.1 Å². The minimum absolute atomic E-state index is 0.418. The van der Waals surface area contributed by atoms with Gasteiger partial charge in [-0.25, -0.2) is 9.97 Å². The summed E-state index contributed by atoms with van der Waals surface area (Å²) < 4.78 is 0. The van der Waals surface area contributed by atoms with Gasteiger partial charge in [-0.05, 0) is 151 Å². The van der Waals surface area contributed by atoms with Crippen molar-refractivity contribution in [3.63, 3.8) is 0 Å². The van der Waals surface area contributed by atoms with Crippen molar-refractivity contribution in [2.45, 2.75) is 107 Å². The van der Waals surface area contributed by atoms with E-state index in [9.17, 15) is 4.79 Å². The van der Waals surface area contributed by atoms with Crippen molar-refractivity contribution in [3.8, 4) is 0 Å². The highest BCUT2D eigenvalue weighted by Crippen LogP contribution is 2.39. The minimum Gasteiger partial charge on any atom is -0.366 e. The van der Waals surface area contributed by atoms with Crippen LogP contribution in [-0.2, 0) is 25.7 Å². The first-order valence-corrected chi connectivity index (χ1v) is 19.3. The average Bonchev–Trinajstić information content (AvgIpc) is 3.87. The molecule has 8 heteroatoms. The van der Waals surface area contributed by atoms with Gasteiger partial charge < -0.3 is 15.7 Å². The maximum Gasteiger partial charge on any atom is 0.248 e. The molecule has 0 unspecified atom stereocenters. The summed E-state index contributed by atoms with van der Waals surface area (Å²) in [6.45, 7) is 18.1. The Labute approximate surface area is 313 Å². The number of hydrogen-bond donors (Lipinski definition) is 3. The van der Waals surface area contributed by atoms with Crippen LogP contribution < -0.4 is 5.73 Å². The molecule has 0 saturated heterocycles. The second kappa shape index (κ2) is 17.1. The molecule has 52 heavy (non-hydrogen) atoms. The zero-order valence-corrected chi connectivity index (χ0v) is 32.8. The molecule has 270 valence electrons. The van der Waals surface area contributed by atoms with E-state index in [-0.39, 0.29) is 0 Å². The van der Waals surface area contributed by atoms with Crippen molar-refractivity contribution in [3.05, 3.63) is 99.1 Å². The molecular formula is C44H52N6OS. The first-order chi connectivity index (χ1) is 25.2. The Kier molecular flexibility index (Phi) is 12.6. The highest BCUT2D eigenvalue weighted by atomic mass is 32.1. The Hall–Kier alpha value is -4.91. The number of isothiocyanates is 1. The molecule has 6 rings (SSSR count). The molecule has 0 spiro atoms. The number of hydrogen-bond acceptors (Lipinski definition) is 5. The van der Waals surface area contributed by atoms with Crippen LogP contribution in [0.1, 0.15) is 136 Å². The topological polar surface area (TPSA) is 113 Å². The average molecular weight is 713 g/mol. The van der Waals surface area contributed by atoms with Gasteiger partial charge in [0.2, 0.25) is 5.91 Å². The summed E-state index contributed by atoms with van der Waals surface area (Å²) >= 11 is 4.41. The smallest absolute Gasteiger partial charge is 0.248 e. The Morgan fingerprint density at radius 1 is 0.596 bits per heavy atom. The molecule has 0 fully saturated rings. The molecule has 1 amide bonds. The van der Waals surface area contributed by atoms with Gasteiger partial charge in [-0.2, -0.15) is 4.99 Å². The summed E-state index contributed by atoms with van der Waals surface area (Å²) in [6, 6.07) is 15.8. The van der Waals surface area contributed by atoms with Crippen LogP contribution in [0, 0.1) is 0 Å². The fourth-order valence-corrected chi connectivity index (χ4v) is 7.99. The van der Waals surface area contributed by atoms with Crippen LogP contribution in [0.4, 0.5) is 5.69 Å². The molecule has 7 nitrogen and oxygen atoms in total. The Balaban J connectivity index is 0.000000370. The summed E-state index contributed by atoms with van der Waals surface area (Å²) in [4.78, 5) is 32.6. The van der Waals surface area contributed by atoms with E-state index >= 15 is 0 Å². The van der Waals surface area contributed by atoms with Gasteiger partial charge in [0, 0.05) is 27.6 Å². The molecule has 1 aromatic carbocycles. The van der Waals surface area contributed by atoms with Crippen molar-refractivity contribution in [2.75, 3.05) is 0 Å². The maximum absolute atomic E-state index is 10.7. The maximum atomic E-state index is 10.7. The number of H-pyrrole nitrogens is 2. The largest absolute Gasteiger partial charge is 0.366 e. The van der Waals surface area contributed by atoms with E-state index in [2.05, 4.69) is 112 Å². The van der Waals surface area contributed by atoms with Crippen molar-refractivity contribution >= 4 is 73.3 Å². The summed E-state index contributed by atoms with van der Waals surface area (Å²) in [5, 5.41) is 2.21. The quantitative estimate of drug-likeness (QED) is 0.112. The van der Waals surface area contributed by atoms with Gasteiger partial charge in [-0.1, -0.05) is 61.5 Å². The number of allylic oxidation sites excluding steroid dienone is 4. The van der Waals surface area contributed by atoms with Crippen LogP contribution >= 0.6 is 12.2 Å². The number of primary amides is 1. The number of fused-ring (bicyclic) bond motifs is 8. The lowest BCUT2D eigenvalue weighted by atomic mass is 9.97. The van der Waals surface area contributed by atoms with Crippen LogP contribution in [0.2, 0.25) is 0 Å². The number of nitrogens with one attached hydrogen (secondary N) is 2. The van der Waals surface area contributed by atoms with Gasteiger partial charge in [0.1, 0.15) is 0 Å². The number of aromatic amines is 2. The number of nitrogens with zero attached hydrogens (tertiary/aromatic N) is 3. The van der Waals surface area contributed by atoms with E-state index in [4.69, 9.17) is 15.7 Å². The first-order valence-electron chi connectivity index (χ1n) is 18.9. The lowest BCUT2D eigenvalue weighted by Gasteiger charge is -2.04. The van der Waals surface area contributed by atoms with Crippen LogP contribution in [-0.4, -0.2) is 31.0 Å². The Morgan fingerprint density at radius 2 is 0.981 bits per heavy atom. The van der Waals surface area contributed by atoms with Crippen LogP contribution in [0.15, 0.2) is 53.5 Å². The number of rotatable bonds is 10. The zero-order valence-electron chi connectivity index (χ0n) is 32.0. The molecule has 0 saturated carbocycles. The van der Waals surface area contributed by atoms with Crippen molar-refractivity contribution < 1.29 is 4.79 Å². The van der Waals surface area contributed by atoms with E-state index in [1.54, 1.807) is 24.3 Å². The molecule has 0 aliphatic carbocycles. The van der Waals surface area contributed by atoms with E-state index in [0.29, 0.717) is 11.3 Å². The second-order valence-corrected chi connectivity index (χ2v) is 13.2. The highest BCUT2D eigenvalue weighted by molar-refractivity contribution is 7.78. The third kappa shape index (κ3) is 7.50. The van der Waals surface area contributed by atoms with Gasteiger partial charge in [-0.15, -0.1) is 0 Å². The van der Waals surface area contributed by atoms with Crippen molar-refractivity contribution in [2.24, 2.45) is 10.7 Å². The van der Waals surface area contributed by atoms with Crippen molar-refractivity contribution in [1.82, 2.24) is 19.9 Å². The number of thiocarbonyl (C=S) groups is 1. The molecule has 2 aliphatic heterocycles. The zero-order chi connectivity index (χ0) is 37.5. The molecular weight excluding hydrogens is 661 g/mol. The normalized spacial score (nSPS) is 12.5. The molecule has 3 aromatic heterocycles. The lowest BCUT2D eigenvalue weighted by Crippen LogP contribution is -2.10. The molecule has 4 N–H and O–H groups in total. The third-order valence-corrected chi connectivity index (χ3v) is 10.4. The number of aliphatic imine (C=N–C) groups is 1. The van der Waals surface area contributed by atoms with E-state index in [1.807, 2.05) is 0 Å². The lowest BCUT2D eigenvalue weighted by molar-refractivity contribution is 0.100. The van der Waals surface area contributed by atoms with Crippen molar-refractivity contribution in [1.29, 1.82) is 0 Å². The third-order valence-electron chi connectivity index (χ3n) is 10.3. The summed E-state index contributed by atoms with van der Waals surface area (Å²) in [7, 11) is 0. The van der Waals surface area contributed by atoms with Gasteiger partial charge >= 0.3 is 0 Å². The SMILES string of the molecule is CCC1=C(CC)c2cc3[nH]c(cc4[nH]c(cc5nc(cc1n2)C(CC)=C5CC)c(CC)c4CC)c(CC)c3CC.NC(=O)c1cccc(N=C=S)c1. The Bertz CT molecular complexity index is 2140. The van der Waals surface area contributed by atoms with Gasteiger partial charge in [0.25, 0.3) is 0 Å². The van der Waals surface area contributed by atoms with E-state index < -0.39 is 5.91 Å². The number of aryl methyl sites for hydroxylation is 4. The number of benzene rings is 1. The molecule has 0 atom stereocenters. The predicted molar refractivity (Wildman–Crippen MR) is 223 cm³/mol. The minimum atomic E-state index is -0.476. The van der Waals surface area contributed by atoms with Crippen LogP contribution in [0.5, 0.6) is 0 Å². The van der Waals surface area contributed by atoms with Gasteiger partial charge in [0.15, 0.2) is 0 Å². The number of carbonyl (C=O) groups is 1. The number of nitrogens with two attached hydrogens (primary N) is 1. The molecule has 0 radical (unpaired) electrons. The van der Waals surface area contributed by atoms with Gasteiger partial charge in [-0.3, -0.25) is 4.79 Å². The molecule has 4 aromatic rings. The monoisotopic (exact) mass is 712 g/mol.